The zero-order chi connectivity index (χ0) is 27.7. The minimum Gasteiger partial charge on any atom is -0.384 e. The van der Waals surface area contributed by atoms with Crippen molar-refractivity contribution in [1.82, 2.24) is 20.2 Å². The molecule has 4 aliphatic rings. The number of aromatic amines is 1. The summed E-state index contributed by atoms with van der Waals surface area (Å²) in [5, 5.41) is 19.4. The number of aromatic nitrogens is 2. The van der Waals surface area contributed by atoms with Crippen molar-refractivity contribution in [3.63, 3.8) is 0 Å². The summed E-state index contributed by atoms with van der Waals surface area (Å²) in [4.78, 5) is 11.6. The highest BCUT2D eigenvalue weighted by Crippen LogP contribution is 2.56. The number of hydrogen-bond donors (Lipinski definition) is 3. The highest BCUT2D eigenvalue weighted by atomic mass is 16.3. The van der Waals surface area contributed by atoms with Crippen LogP contribution in [-0.2, 0) is 0 Å². The predicted octanol–water partition coefficient (Wildman–Crippen LogP) is 7.15. The number of aliphatic hydroxyl groups is 1. The standard InChI is InChI=1S/C36H46N4O/c41-36-20-12-6-2-4-8-14-23-40-24-18-30(35(26-40)19-11-5-1-3-7-13-21-38-34(35)36)29(25-36)32-33-28(17-22-37-32)27-15-9-10-16-31(27)39-33/h1-2,5-6,9-10,15-17,22,25,30,34,38-39,41H,3-4,7-8,11-14,18-21,23-24,26H2/b5-1-,6-2-/t30?,34-,35+,36+/m1/s1. The first-order valence-corrected chi connectivity index (χ1v) is 16.2. The molecular weight excluding hydrogens is 504 g/mol. The summed E-state index contributed by atoms with van der Waals surface area (Å²) in [6.45, 7) is 4.27. The molecule has 1 fully saturated rings. The van der Waals surface area contributed by atoms with Gasteiger partial charge in [-0.1, -0.05) is 42.5 Å². The van der Waals surface area contributed by atoms with Gasteiger partial charge in [0.25, 0.3) is 0 Å². The van der Waals surface area contributed by atoms with Crippen LogP contribution in [0.1, 0.15) is 76.3 Å². The van der Waals surface area contributed by atoms with E-state index in [9.17, 15) is 5.11 Å². The third-order valence-electron chi connectivity index (χ3n) is 10.6. The van der Waals surface area contributed by atoms with Gasteiger partial charge in [0.2, 0.25) is 0 Å². The zero-order valence-corrected chi connectivity index (χ0v) is 24.5. The van der Waals surface area contributed by atoms with Gasteiger partial charge in [0.15, 0.2) is 0 Å². The van der Waals surface area contributed by atoms with Gasteiger partial charge in [-0.3, -0.25) is 4.98 Å². The number of benzene rings is 1. The lowest BCUT2D eigenvalue weighted by atomic mass is 9.53. The summed E-state index contributed by atoms with van der Waals surface area (Å²) in [7, 11) is 0. The Morgan fingerprint density at radius 3 is 2.56 bits per heavy atom. The molecule has 3 aromatic rings. The van der Waals surface area contributed by atoms with Crippen molar-refractivity contribution in [2.45, 2.75) is 82.3 Å². The number of nitrogens with zero attached hydrogens (tertiary/aromatic N) is 2. The van der Waals surface area contributed by atoms with E-state index < -0.39 is 5.60 Å². The van der Waals surface area contributed by atoms with Crippen LogP contribution >= 0.6 is 0 Å². The minimum atomic E-state index is -0.944. The summed E-state index contributed by atoms with van der Waals surface area (Å²) in [5.41, 5.74) is 3.55. The van der Waals surface area contributed by atoms with Gasteiger partial charge in [-0.2, -0.15) is 0 Å². The van der Waals surface area contributed by atoms with Crippen LogP contribution in [0, 0.1) is 11.3 Å². The van der Waals surface area contributed by atoms with Crippen LogP contribution in [0.2, 0.25) is 0 Å². The maximum absolute atomic E-state index is 12.9. The molecule has 5 heterocycles. The van der Waals surface area contributed by atoms with E-state index in [2.05, 4.69) is 75.9 Å². The number of nitrogens with one attached hydrogen (secondary N) is 2. The SMILES string of the molecule is O[C@]12C=C(c3nccc4c3[nH]c3ccccc34)C3CCN(CCCC/C=C\CC1)C[C@@]31CC/C=C\CCCCN[C@H]12. The second kappa shape index (κ2) is 11.5. The lowest BCUT2D eigenvalue weighted by molar-refractivity contribution is -0.0798. The fraction of sp³-hybridized carbons (Fsp3) is 0.528. The highest BCUT2D eigenvalue weighted by molar-refractivity contribution is 6.09. The van der Waals surface area contributed by atoms with Crippen molar-refractivity contribution in [3.05, 3.63) is 72.6 Å². The Balaban J connectivity index is 1.44. The lowest BCUT2D eigenvalue weighted by Gasteiger charge is -2.60. The fourth-order valence-electron chi connectivity index (χ4n) is 8.69. The van der Waals surface area contributed by atoms with E-state index in [0.29, 0.717) is 5.92 Å². The monoisotopic (exact) mass is 550 g/mol. The zero-order valence-electron chi connectivity index (χ0n) is 24.5. The topological polar surface area (TPSA) is 64.2 Å². The van der Waals surface area contributed by atoms with Crippen LogP contribution in [0.25, 0.3) is 27.4 Å². The first-order valence-electron chi connectivity index (χ1n) is 16.2. The number of para-hydroxylation sites is 1. The molecule has 41 heavy (non-hydrogen) atoms. The number of piperidine rings is 1. The molecule has 2 unspecified atom stereocenters. The Morgan fingerprint density at radius 2 is 1.66 bits per heavy atom. The van der Waals surface area contributed by atoms with Crippen LogP contribution in [0.5, 0.6) is 0 Å². The molecule has 3 N–H and O–H groups in total. The van der Waals surface area contributed by atoms with Gasteiger partial charge < -0.3 is 20.3 Å². The Kier molecular flexibility index (Phi) is 7.61. The van der Waals surface area contributed by atoms with Crippen LogP contribution in [0.4, 0.5) is 0 Å². The normalized spacial score (nSPS) is 34.9. The first kappa shape index (κ1) is 27.1. The molecule has 0 amide bonds. The van der Waals surface area contributed by atoms with Crippen molar-refractivity contribution in [2.24, 2.45) is 11.3 Å². The molecule has 5 atom stereocenters. The van der Waals surface area contributed by atoms with E-state index in [0.717, 1.165) is 94.3 Å². The van der Waals surface area contributed by atoms with Crippen molar-refractivity contribution < 1.29 is 5.11 Å². The number of allylic oxidation sites excluding steroid dienone is 5. The van der Waals surface area contributed by atoms with Crippen LogP contribution in [0.3, 0.4) is 0 Å². The van der Waals surface area contributed by atoms with Gasteiger partial charge in [-0.25, -0.2) is 0 Å². The van der Waals surface area contributed by atoms with E-state index in [-0.39, 0.29) is 11.5 Å². The summed E-state index contributed by atoms with van der Waals surface area (Å²) < 4.78 is 0. The van der Waals surface area contributed by atoms with Gasteiger partial charge in [-0.15, -0.1) is 0 Å². The maximum Gasteiger partial charge on any atom is 0.0995 e. The second-order valence-corrected chi connectivity index (χ2v) is 13.1. The highest BCUT2D eigenvalue weighted by Gasteiger charge is 2.58. The Hall–Kier alpha value is -2.73. The molecule has 2 aromatic heterocycles. The third-order valence-corrected chi connectivity index (χ3v) is 10.6. The molecule has 3 aliphatic heterocycles. The smallest absolute Gasteiger partial charge is 0.0995 e. The van der Waals surface area contributed by atoms with Crippen molar-refractivity contribution in [2.75, 3.05) is 26.2 Å². The van der Waals surface area contributed by atoms with Gasteiger partial charge in [0.05, 0.1) is 16.8 Å². The first-order chi connectivity index (χ1) is 20.2. The molecule has 3 bridgehead atoms. The van der Waals surface area contributed by atoms with E-state index in [4.69, 9.17) is 4.98 Å². The quantitative estimate of drug-likeness (QED) is 0.282. The van der Waals surface area contributed by atoms with Crippen molar-refractivity contribution in [1.29, 1.82) is 0 Å². The molecule has 5 heteroatoms. The molecule has 0 radical (unpaired) electrons. The number of H-pyrrole nitrogens is 1. The van der Waals surface area contributed by atoms with Crippen molar-refractivity contribution in [3.8, 4) is 0 Å². The predicted molar refractivity (Wildman–Crippen MR) is 170 cm³/mol. The largest absolute Gasteiger partial charge is 0.384 e. The summed E-state index contributed by atoms with van der Waals surface area (Å²) >= 11 is 0. The lowest BCUT2D eigenvalue weighted by Crippen LogP contribution is -2.68. The van der Waals surface area contributed by atoms with Gasteiger partial charge in [-0.05, 0) is 120 Å². The molecule has 1 aliphatic carbocycles. The molecule has 1 aromatic carbocycles. The van der Waals surface area contributed by atoms with Crippen LogP contribution in [-0.4, -0.2) is 57.8 Å². The number of pyridine rings is 1. The van der Waals surface area contributed by atoms with Gasteiger partial charge in [0, 0.05) is 40.5 Å². The Labute approximate surface area is 244 Å². The molecule has 1 spiro atoms. The molecule has 5 nitrogen and oxygen atoms in total. The van der Waals surface area contributed by atoms with Crippen molar-refractivity contribution >= 4 is 27.4 Å². The molecule has 1 saturated heterocycles. The summed E-state index contributed by atoms with van der Waals surface area (Å²) in [6.07, 6.45) is 25.8. The average molecular weight is 551 g/mol. The second-order valence-electron chi connectivity index (χ2n) is 13.1. The van der Waals surface area contributed by atoms with E-state index in [1.807, 2.05) is 6.20 Å². The Bertz CT molecular complexity index is 1470. The van der Waals surface area contributed by atoms with E-state index >= 15 is 0 Å². The fourth-order valence-corrected chi connectivity index (χ4v) is 8.69. The van der Waals surface area contributed by atoms with E-state index in [1.165, 1.54) is 35.6 Å². The third kappa shape index (κ3) is 5.00. The van der Waals surface area contributed by atoms with Crippen LogP contribution in [0.15, 0.2) is 66.9 Å². The molecule has 0 saturated carbocycles. The minimum absolute atomic E-state index is 0.0223. The van der Waals surface area contributed by atoms with E-state index in [1.54, 1.807) is 0 Å². The summed E-state index contributed by atoms with van der Waals surface area (Å²) in [5.74, 6) is 0.343. The molecular formula is C36H46N4O. The number of rotatable bonds is 1. The summed E-state index contributed by atoms with van der Waals surface area (Å²) in [6, 6.07) is 10.7. The van der Waals surface area contributed by atoms with Gasteiger partial charge in [0.1, 0.15) is 0 Å². The Morgan fingerprint density at radius 1 is 0.854 bits per heavy atom. The van der Waals surface area contributed by atoms with Gasteiger partial charge >= 0.3 is 0 Å². The maximum atomic E-state index is 12.9. The number of hydrogen-bond acceptors (Lipinski definition) is 4. The van der Waals surface area contributed by atoms with Crippen LogP contribution < -0.4 is 5.32 Å². The average Bonchev–Trinajstić information content (AvgIpc) is 3.35. The molecule has 216 valence electrons. The molecule has 7 rings (SSSR count). The number of fused-ring (bicyclic) bond motifs is 4.